The fourth-order valence-electron chi connectivity index (χ4n) is 3.60. The zero-order valence-corrected chi connectivity index (χ0v) is 13.2. The zero-order chi connectivity index (χ0) is 16.4. The molecular formula is C15H15NO6S. The van der Waals surface area contributed by atoms with E-state index in [9.17, 15) is 18.0 Å². The van der Waals surface area contributed by atoms with Crippen molar-refractivity contribution in [3.63, 3.8) is 0 Å². The lowest BCUT2D eigenvalue weighted by atomic mass is 9.81. The molecule has 4 rings (SSSR count). The average Bonchev–Trinajstić information content (AvgIpc) is 3.17. The summed E-state index contributed by atoms with van der Waals surface area (Å²) in [5.41, 5.74) is 0.889. The van der Waals surface area contributed by atoms with E-state index in [0.717, 1.165) is 5.56 Å². The number of fused-ring (bicyclic) bond motifs is 5. The maximum atomic E-state index is 12.4. The van der Waals surface area contributed by atoms with Crippen LogP contribution >= 0.6 is 0 Å². The third-order valence-corrected chi connectivity index (χ3v) is 5.92. The molecule has 2 amide bonds. The average molecular weight is 337 g/mol. The van der Waals surface area contributed by atoms with Crippen molar-refractivity contribution in [2.24, 2.45) is 11.8 Å². The van der Waals surface area contributed by atoms with E-state index in [1.165, 1.54) is 12.1 Å². The standard InChI is InChI=1S/C15H15NO6S/c1-8-2-4-9(5-3-8)23(19,20)22-16-14(17)12-10-6-7-11(21-10)13(12)15(16)18/h2-5,10-13H,6-7H2,1H3/t10-,11-,12+,13+/m1/s1. The van der Waals surface area contributed by atoms with E-state index in [1.807, 2.05) is 6.92 Å². The molecular weight excluding hydrogens is 322 g/mol. The normalized spacial score (nSPS) is 32.7. The van der Waals surface area contributed by atoms with Crippen LogP contribution in [0.25, 0.3) is 0 Å². The second-order valence-electron chi connectivity index (χ2n) is 6.15. The summed E-state index contributed by atoms with van der Waals surface area (Å²) in [4.78, 5) is 24.7. The van der Waals surface area contributed by atoms with Crippen molar-refractivity contribution >= 4 is 21.9 Å². The van der Waals surface area contributed by atoms with Gasteiger partial charge in [0.1, 0.15) is 0 Å². The van der Waals surface area contributed by atoms with Crippen molar-refractivity contribution in [3.8, 4) is 0 Å². The molecule has 3 aliphatic heterocycles. The largest absolute Gasteiger partial charge is 0.373 e. The predicted molar refractivity (Wildman–Crippen MR) is 76.2 cm³/mol. The summed E-state index contributed by atoms with van der Waals surface area (Å²) >= 11 is 0. The number of hydrogen-bond donors (Lipinski definition) is 0. The Morgan fingerprint density at radius 3 is 2.09 bits per heavy atom. The molecule has 0 unspecified atom stereocenters. The number of rotatable bonds is 3. The maximum absolute atomic E-state index is 12.4. The summed E-state index contributed by atoms with van der Waals surface area (Å²) in [6.07, 6.45) is 0.807. The lowest BCUT2D eigenvalue weighted by Crippen LogP contribution is -2.36. The van der Waals surface area contributed by atoms with E-state index in [4.69, 9.17) is 9.02 Å². The molecule has 0 aromatic heterocycles. The lowest BCUT2D eigenvalue weighted by Gasteiger charge is -2.16. The highest BCUT2D eigenvalue weighted by Gasteiger charge is 2.63. The Bertz CT molecular complexity index is 759. The van der Waals surface area contributed by atoms with Crippen LogP contribution in [0.1, 0.15) is 18.4 Å². The van der Waals surface area contributed by atoms with Gasteiger partial charge in [-0.2, -0.15) is 8.42 Å². The summed E-state index contributed by atoms with van der Waals surface area (Å²) in [5, 5.41) is 0.415. The summed E-state index contributed by atoms with van der Waals surface area (Å²) < 4.78 is 35.0. The van der Waals surface area contributed by atoms with Gasteiger partial charge < -0.3 is 4.74 Å². The Morgan fingerprint density at radius 1 is 1.04 bits per heavy atom. The quantitative estimate of drug-likeness (QED) is 0.757. The first-order valence-corrected chi connectivity index (χ1v) is 8.84. The van der Waals surface area contributed by atoms with E-state index in [-0.39, 0.29) is 17.1 Å². The summed E-state index contributed by atoms with van der Waals surface area (Å²) in [6.45, 7) is 1.82. The molecule has 7 nitrogen and oxygen atoms in total. The fraction of sp³-hybridized carbons (Fsp3) is 0.467. The summed E-state index contributed by atoms with van der Waals surface area (Å²) in [5.74, 6) is -2.48. The first-order chi connectivity index (χ1) is 10.9. The van der Waals surface area contributed by atoms with Crippen molar-refractivity contribution in [2.75, 3.05) is 0 Å². The van der Waals surface area contributed by atoms with E-state index in [1.54, 1.807) is 12.1 Å². The first-order valence-electron chi connectivity index (χ1n) is 7.43. The van der Waals surface area contributed by atoms with Crippen LogP contribution in [0.4, 0.5) is 0 Å². The second-order valence-corrected chi connectivity index (χ2v) is 7.68. The predicted octanol–water partition coefficient (Wildman–Crippen LogP) is 0.778. The molecule has 8 heteroatoms. The number of aryl methyl sites for hydroxylation is 1. The van der Waals surface area contributed by atoms with Gasteiger partial charge in [0.2, 0.25) is 0 Å². The molecule has 2 bridgehead atoms. The second kappa shape index (κ2) is 4.86. The van der Waals surface area contributed by atoms with Crippen LogP contribution in [0.3, 0.4) is 0 Å². The number of ether oxygens (including phenoxy) is 1. The molecule has 3 heterocycles. The zero-order valence-electron chi connectivity index (χ0n) is 12.3. The highest BCUT2D eigenvalue weighted by atomic mass is 32.2. The molecule has 0 aliphatic carbocycles. The smallest absolute Gasteiger partial charge is 0.318 e. The van der Waals surface area contributed by atoms with Gasteiger partial charge in [0.25, 0.3) is 11.8 Å². The Labute approximate surface area is 133 Å². The number of nitrogens with zero attached hydrogens (tertiary/aromatic N) is 1. The van der Waals surface area contributed by atoms with Crippen molar-refractivity contribution in [3.05, 3.63) is 29.8 Å². The molecule has 0 spiro atoms. The molecule has 3 fully saturated rings. The van der Waals surface area contributed by atoms with Crippen LogP contribution in [-0.4, -0.2) is 37.5 Å². The van der Waals surface area contributed by atoms with Crippen molar-refractivity contribution in [1.29, 1.82) is 0 Å². The number of carbonyl (C=O) groups excluding carboxylic acids is 2. The number of hydroxylamine groups is 2. The minimum absolute atomic E-state index is 0.0972. The molecule has 4 atom stereocenters. The highest BCUT2D eigenvalue weighted by Crippen LogP contribution is 2.48. The van der Waals surface area contributed by atoms with Crippen molar-refractivity contribution in [1.82, 2.24) is 5.06 Å². The molecule has 0 radical (unpaired) electrons. The van der Waals surface area contributed by atoms with Crippen LogP contribution < -0.4 is 0 Å². The van der Waals surface area contributed by atoms with Crippen LogP contribution in [0.5, 0.6) is 0 Å². The molecule has 0 N–H and O–H groups in total. The molecule has 0 saturated carbocycles. The summed E-state index contributed by atoms with van der Waals surface area (Å²) in [6, 6.07) is 5.99. The van der Waals surface area contributed by atoms with Gasteiger partial charge in [-0.1, -0.05) is 17.7 Å². The first kappa shape index (κ1) is 14.8. The van der Waals surface area contributed by atoms with Gasteiger partial charge in [-0.3, -0.25) is 9.59 Å². The van der Waals surface area contributed by atoms with E-state index >= 15 is 0 Å². The van der Waals surface area contributed by atoms with Gasteiger partial charge in [-0.25, -0.2) is 0 Å². The van der Waals surface area contributed by atoms with Crippen LogP contribution in [0.15, 0.2) is 29.2 Å². The van der Waals surface area contributed by atoms with Gasteiger partial charge in [-0.05, 0) is 31.9 Å². The number of carbonyl (C=O) groups is 2. The number of hydrogen-bond acceptors (Lipinski definition) is 6. The van der Waals surface area contributed by atoms with Gasteiger partial charge in [-0.15, -0.1) is 9.35 Å². The van der Waals surface area contributed by atoms with E-state index < -0.39 is 33.8 Å². The molecule has 122 valence electrons. The number of imide groups is 1. The minimum atomic E-state index is -4.23. The monoisotopic (exact) mass is 337 g/mol. The maximum Gasteiger partial charge on any atom is 0.318 e. The SMILES string of the molecule is Cc1ccc(S(=O)(=O)ON2C(=O)[C@@H]3[C@@H](C2=O)[C@H]2CC[C@H]3O2)cc1. The van der Waals surface area contributed by atoms with Gasteiger partial charge in [0, 0.05) is 0 Å². The molecule has 1 aromatic carbocycles. The summed E-state index contributed by atoms with van der Waals surface area (Å²) in [7, 11) is -4.23. The van der Waals surface area contributed by atoms with Gasteiger partial charge >= 0.3 is 10.1 Å². The topological polar surface area (TPSA) is 90.0 Å². The van der Waals surface area contributed by atoms with Crippen LogP contribution in [0.2, 0.25) is 0 Å². The Kier molecular flexibility index (Phi) is 3.13. The van der Waals surface area contributed by atoms with Crippen molar-refractivity contribution < 1.29 is 27.0 Å². The Morgan fingerprint density at radius 2 is 1.57 bits per heavy atom. The van der Waals surface area contributed by atoms with Gasteiger partial charge in [0.15, 0.2) is 0 Å². The Hall–Kier alpha value is -1.77. The highest BCUT2D eigenvalue weighted by molar-refractivity contribution is 7.86. The fourth-order valence-corrected chi connectivity index (χ4v) is 4.50. The lowest BCUT2D eigenvalue weighted by molar-refractivity contribution is -0.168. The molecule has 3 saturated heterocycles. The van der Waals surface area contributed by atoms with Crippen LogP contribution in [-0.2, 0) is 28.7 Å². The van der Waals surface area contributed by atoms with E-state index in [0.29, 0.717) is 17.9 Å². The van der Waals surface area contributed by atoms with E-state index in [2.05, 4.69) is 0 Å². The van der Waals surface area contributed by atoms with Gasteiger partial charge in [0.05, 0.1) is 28.9 Å². The molecule has 23 heavy (non-hydrogen) atoms. The minimum Gasteiger partial charge on any atom is -0.373 e. The number of benzene rings is 1. The van der Waals surface area contributed by atoms with Crippen molar-refractivity contribution in [2.45, 2.75) is 36.9 Å². The Balaban J connectivity index is 1.61. The number of amides is 2. The molecule has 1 aromatic rings. The third-order valence-electron chi connectivity index (χ3n) is 4.73. The van der Waals surface area contributed by atoms with Crippen LogP contribution in [0, 0.1) is 18.8 Å². The third kappa shape index (κ3) is 2.13. The molecule has 3 aliphatic rings.